The zero-order chi connectivity index (χ0) is 22.8. The maximum atomic E-state index is 13.7. The Morgan fingerprint density at radius 3 is 2.32 bits per heavy atom. The van der Waals surface area contributed by atoms with Gasteiger partial charge in [0.15, 0.2) is 0 Å². The van der Waals surface area contributed by atoms with Crippen molar-refractivity contribution in [1.29, 1.82) is 0 Å². The summed E-state index contributed by atoms with van der Waals surface area (Å²) in [5, 5.41) is 14.6. The van der Waals surface area contributed by atoms with Crippen LogP contribution in [0.5, 0.6) is 5.75 Å². The number of carbonyl (C=O) groups is 1. The summed E-state index contributed by atoms with van der Waals surface area (Å²) < 4.78 is 46.3. The Morgan fingerprint density at radius 1 is 1.16 bits per heavy atom. The van der Waals surface area contributed by atoms with Gasteiger partial charge >= 0.3 is 6.18 Å². The largest absolute Gasteiger partial charge is 0.497 e. The fourth-order valence-corrected chi connectivity index (χ4v) is 3.67. The highest BCUT2D eigenvalue weighted by atomic mass is 19.4. The fraction of sp³-hybridized carbons (Fsp3) is 0.391. The minimum atomic E-state index is -5.04. The van der Waals surface area contributed by atoms with E-state index in [2.05, 4.69) is 5.10 Å². The van der Waals surface area contributed by atoms with Gasteiger partial charge < -0.3 is 9.84 Å². The predicted molar refractivity (Wildman–Crippen MR) is 111 cm³/mol. The molecule has 1 unspecified atom stereocenters. The molecular weight excluding hydrogens is 409 g/mol. The average molecular weight is 434 g/mol. The van der Waals surface area contributed by atoms with E-state index in [1.165, 1.54) is 0 Å². The summed E-state index contributed by atoms with van der Waals surface area (Å²) in [4.78, 5) is 12.6. The number of amides is 1. The normalized spacial score (nSPS) is 18.8. The lowest BCUT2D eigenvalue weighted by atomic mass is 9.98. The molecule has 3 rings (SSSR count). The minimum absolute atomic E-state index is 0.0372. The van der Waals surface area contributed by atoms with Crippen LogP contribution >= 0.6 is 0 Å². The van der Waals surface area contributed by atoms with Crippen molar-refractivity contribution in [3.63, 3.8) is 0 Å². The number of alkyl halides is 3. The maximum Gasteiger partial charge on any atom is 0.438 e. The molecule has 0 aliphatic carbocycles. The molecule has 8 heteroatoms. The summed E-state index contributed by atoms with van der Waals surface area (Å²) in [7, 11) is 1.55. The third-order valence-electron chi connectivity index (χ3n) is 5.25. The first-order chi connectivity index (χ1) is 14.5. The molecule has 1 N–H and O–H groups in total. The first-order valence-electron chi connectivity index (χ1n) is 9.95. The quantitative estimate of drug-likeness (QED) is 0.727. The number of rotatable bonds is 6. The first-order valence-corrected chi connectivity index (χ1v) is 9.95. The molecule has 2 aromatic carbocycles. The SMILES string of the molecule is COc1ccc(CCCC(=O)N2N=C(c3cc(C)cc(C)c3)CC2(O)C(F)(F)F)cc1. The fourth-order valence-electron chi connectivity index (χ4n) is 3.67. The summed E-state index contributed by atoms with van der Waals surface area (Å²) >= 11 is 0. The molecule has 0 saturated carbocycles. The van der Waals surface area contributed by atoms with Crippen molar-refractivity contribution in [3.05, 3.63) is 64.7 Å². The monoisotopic (exact) mass is 434 g/mol. The molecule has 166 valence electrons. The van der Waals surface area contributed by atoms with Gasteiger partial charge in [0.2, 0.25) is 5.91 Å². The van der Waals surface area contributed by atoms with Crippen LogP contribution in [0.3, 0.4) is 0 Å². The Hall–Kier alpha value is -2.87. The van der Waals surface area contributed by atoms with Crippen LogP contribution in [-0.4, -0.2) is 40.7 Å². The number of halogens is 3. The average Bonchev–Trinajstić information content (AvgIpc) is 3.07. The summed E-state index contributed by atoms with van der Waals surface area (Å²) in [5.74, 6) is -0.173. The van der Waals surface area contributed by atoms with E-state index >= 15 is 0 Å². The van der Waals surface area contributed by atoms with Crippen LogP contribution in [0.25, 0.3) is 0 Å². The maximum absolute atomic E-state index is 13.7. The van der Waals surface area contributed by atoms with Crippen molar-refractivity contribution in [2.75, 3.05) is 7.11 Å². The summed E-state index contributed by atoms with van der Waals surface area (Å²) in [6.45, 7) is 3.65. The lowest BCUT2D eigenvalue weighted by Crippen LogP contribution is -2.56. The highest BCUT2D eigenvalue weighted by Gasteiger charge is 2.63. The van der Waals surface area contributed by atoms with Crippen LogP contribution in [0.15, 0.2) is 47.6 Å². The number of ether oxygens (including phenoxy) is 1. The summed E-state index contributed by atoms with van der Waals surface area (Å²) in [6.07, 6.45) is -5.19. The lowest BCUT2D eigenvalue weighted by Gasteiger charge is -2.32. The number of benzene rings is 2. The first kappa shape index (κ1) is 22.8. The van der Waals surface area contributed by atoms with Gasteiger partial charge in [-0.2, -0.15) is 23.3 Å². The highest BCUT2D eigenvalue weighted by Crippen LogP contribution is 2.41. The molecule has 0 fully saturated rings. The standard InChI is InChI=1S/C23H25F3N2O3/c1-15-11-16(2)13-18(12-15)20-14-22(30,23(24,25)26)28(27-20)21(29)6-4-5-17-7-9-19(31-3)10-8-17/h7-13,30H,4-6,14H2,1-3H3. The molecule has 5 nitrogen and oxygen atoms in total. The zero-order valence-corrected chi connectivity index (χ0v) is 17.7. The molecule has 1 atom stereocenters. The van der Waals surface area contributed by atoms with E-state index in [1.807, 2.05) is 32.0 Å². The molecule has 0 spiro atoms. The van der Waals surface area contributed by atoms with Crippen molar-refractivity contribution in [2.24, 2.45) is 5.10 Å². The van der Waals surface area contributed by atoms with E-state index in [1.54, 1.807) is 31.4 Å². The molecule has 1 aliphatic rings. The van der Waals surface area contributed by atoms with Crippen LogP contribution in [0.1, 0.15) is 41.5 Å². The molecule has 2 aromatic rings. The van der Waals surface area contributed by atoms with Gasteiger partial charge in [0.1, 0.15) is 5.75 Å². The van der Waals surface area contributed by atoms with Crippen LogP contribution in [0.4, 0.5) is 13.2 Å². The summed E-state index contributed by atoms with van der Waals surface area (Å²) in [5.41, 5.74) is -0.198. The Morgan fingerprint density at radius 2 is 1.77 bits per heavy atom. The van der Waals surface area contributed by atoms with Gasteiger partial charge in [-0.15, -0.1) is 0 Å². The van der Waals surface area contributed by atoms with E-state index in [4.69, 9.17) is 4.74 Å². The smallest absolute Gasteiger partial charge is 0.438 e. The molecule has 1 aliphatic heterocycles. The Labute approximate surface area is 179 Å². The zero-order valence-electron chi connectivity index (χ0n) is 17.7. The number of hydrogen-bond donors (Lipinski definition) is 1. The van der Waals surface area contributed by atoms with Gasteiger partial charge in [0.25, 0.3) is 5.72 Å². The topological polar surface area (TPSA) is 62.1 Å². The van der Waals surface area contributed by atoms with Gasteiger partial charge in [-0.25, -0.2) is 0 Å². The number of aryl methyl sites for hydroxylation is 3. The van der Waals surface area contributed by atoms with E-state index in [-0.39, 0.29) is 17.1 Å². The second-order valence-corrected chi connectivity index (χ2v) is 7.82. The third kappa shape index (κ3) is 4.90. The summed E-state index contributed by atoms with van der Waals surface area (Å²) in [6, 6.07) is 12.5. The second-order valence-electron chi connectivity index (χ2n) is 7.82. The number of methoxy groups -OCH3 is 1. The van der Waals surface area contributed by atoms with Crippen LogP contribution in [-0.2, 0) is 11.2 Å². The van der Waals surface area contributed by atoms with E-state index in [0.717, 1.165) is 16.7 Å². The van der Waals surface area contributed by atoms with Crippen LogP contribution in [0.2, 0.25) is 0 Å². The third-order valence-corrected chi connectivity index (χ3v) is 5.25. The molecule has 0 radical (unpaired) electrons. The number of aliphatic hydroxyl groups is 1. The van der Waals surface area contributed by atoms with Gasteiger partial charge in [-0.3, -0.25) is 4.79 Å². The lowest BCUT2D eigenvalue weighted by molar-refractivity contribution is -0.302. The number of hydrazone groups is 1. The molecule has 1 heterocycles. The molecule has 0 saturated heterocycles. The van der Waals surface area contributed by atoms with Crippen molar-refractivity contribution in [2.45, 2.75) is 51.4 Å². The number of hydrogen-bond acceptors (Lipinski definition) is 4. The van der Waals surface area contributed by atoms with Crippen molar-refractivity contribution in [3.8, 4) is 5.75 Å². The Bertz CT molecular complexity index is 966. The van der Waals surface area contributed by atoms with Crippen molar-refractivity contribution < 1.29 is 27.8 Å². The second kappa shape index (κ2) is 8.70. The van der Waals surface area contributed by atoms with Crippen molar-refractivity contribution >= 4 is 11.6 Å². The predicted octanol–water partition coefficient (Wildman–Crippen LogP) is 4.52. The molecular formula is C23H25F3N2O3. The highest BCUT2D eigenvalue weighted by molar-refractivity contribution is 6.03. The molecule has 31 heavy (non-hydrogen) atoms. The number of nitrogens with zero attached hydrogens (tertiary/aromatic N) is 2. The van der Waals surface area contributed by atoms with Crippen LogP contribution in [0, 0.1) is 13.8 Å². The Kier molecular flexibility index (Phi) is 6.40. The van der Waals surface area contributed by atoms with E-state index < -0.39 is 24.2 Å². The molecule has 0 aromatic heterocycles. The van der Waals surface area contributed by atoms with E-state index in [0.29, 0.717) is 24.2 Å². The van der Waals surface area contributed by atoms with Gasteiger partial charge in [0, 0.05) is 6.42 Å². The van der Waals surface area contributed by atoms with Gasteiger partial charge in [-0.1, -0.05) is 41.5 Å². The molecule has 0 bridgehead atoms. The van der Waals surface area contributed by atoms with Gasteiger partial charge in [0.05, 0.1) is 19.2 Å². The minimum Gasteiger partial charge on any atom is -0.497 e. The molecule has 1 amide bonds. The van der Waals surface area contributed by atoms with Crippen molar-refractivity contribution in [1.82, 2.24) is 5.01 Å². The van der Waals surface area contributed by atoms with Crippen LogP contribution < -0.4 is 4.74 Å². The number of carbonyl (C=O) groups excluding carboxylic acids is 1. The Balaban J connectivity index is 1.77. The van der Waals surface area contributed by atoms with Gasteiger partial charge in [-0.05, 0) is 49.9 Å². The van der Waals surface area contributed by atoms with E-state index in [9.17, 15) is 23.1 Å².